The number of halogens is 2. The quantitative estimate of drug-likeness (QED) is 0.887. The van der Waals surface area contributed by atoms with Crippen molar-refractivity contribution < 1.29 is 13.6 Å². The van der Waals surface area contributed by atoms with E-state index in [0.717, 1.165) is 19.0 Å². The highest BCUT2D eigenvalue weighted by atomic mass is 19.1. The minimum Gasteiger partial charge on any atom is -0.355 e. The third kappa shape index (κ3) is 3.76. The van der Waals surface area contributed by atoms with Gasteiger partial charge in [0.1, 0.15) is 11.6 Å². The molecule has 0 spiro atoms. The molecule has 110 valence electrons. The lowest BCUT2D eigenvalue weighted by Gasteiger charge is -2.29. The molecule has 0 bridgehead atoms. The van der Waals surface area contributed by atoms with Gasteiger partial charge < -0.3 is 10.6 Å². The number of nitrogens with one attached hydrogen (secondary N) is 2. The number of amides is 1. The Balaban J connectivity index is 1.97. The number of piperidine rings is 1. The van der Waals surface area contributed by atoms with Gasteiger partial charge in [-0.15, -0.1) is 0 Å². The van der Waals surface area contributed by atoms with E-state index in [2.05, 4.69) is 10.6 Å². The van der Waals surface area contributed by atoms with E-state index in [1.807, 2.05) is 6.92 Å². The molecule has 1 aliphatic rings. The smallest absolute Gasteiger partial charge is 0.237 e. The zero-order valence-corrected chi connectivity index (χ0v) is 11.6. The Hall–Kier alpha value is -1.49. The molecule has 1 aliphatic heterocycles. The summed E-state index contributed by atoms with van der Waals surface area (Å²) in [6, 6.07) is 3.48. The average molecular weight is 282 g/mol. The summed E-state index contributed by atoms with van der Waals surface area (Å²) in [5.74, 6) is -0.824. The summed E-state index contributed by atoms with van der Waals surface area (Å²) in [5, 5.41) is 5.97. The molecule has 0 aromatic heterocycles. The molecule has 1 amide bonds. The first-order valence-electron chi connectivity index (χ1n) is 7.05. The van der Waals surface area contributed by atoms with Crippen molar-refractivity contribution in [2.24, 2.45) is 5.92 Å². The van der Waals surface area contributed by atoms with Crippen LogP contribution in [0.3, 0.4) is 0 Å². The van der Waals surface area contributed by atoms with Crippen LogP contribution in [0.5, 0.6) is 0 Å². The molecule has 20 heavy (non-hydrogen) atoms. The fourth-order valence-corrected chi connectivity index (χ4v) is 2.68. The normalized spacial score (nSPS) is 22.6. The SMILES string of the molecule is CCNC(=O)C1CC(Cc2ccc(F)cc2F)CCN1. The Kier molecular flexibility index (Phi) is 5.06. The van der Waals surface area contributed by atoms with Crippen molar-refractivity contribution in [3.05, 3.63) is 35.4 Å². The molecular weight excluding hydrogens is 262 g/mol. The lowest BCUT2D eigenvalue weighted by molar-refractivity contribution is -0.123. The predicted octanol–water partition coefficient (Wildman–Crippen LogP) is 2.01. The standard InChI is InChI=1S/C15H20F2N2O/c1-2-18-15(20)14-8-10(5-6-19-14)7-11-3-4-12(16)9-13(11)17/h3-4,9-10,14,19H,2,5-8H2,1H3,(H,18,20). The van der Waals surface area contributed by atoms with Crippen LogP contribution in [0, 0.1) is 17.6 Å². The molecule has 1 heterocycles. The highest BCUT2D eigenvalue weighted by Crippen LogP contribution is 2.23. The molecule has 2 rings (SSSR count). The van der Waals surface area contributed by atoms with Crippen molar-refractivity contribution in [2.45, 2.75) is 32.2 Å². The molecule has 1 saturated heterocycles. The highest BCUT2D eigenvalue weighted by Gasteiger charge is 2.27. The van der Waals surface area contributed by atoms with E-state index in [4.69, 9.17) is 0 Å². The molecule has 5 heteroatoms. The summed E-state index contributed by atoms with van der Waals surface area (Å²) in [5.41, 5.74) is 0.521. The Bertz CT molecular complexity index is 479. The first-order valence-corrected chi connectivity index (χ1v) is 7.05. The second kappa shape index (κ2) is 6.79. The lowest BCUT2D eigenvalue weighted by atomic mass is 9.86. The van der Waals surface area contributed by atoms with E-state index in [-0.39, 0.29) is 17.9 Å². The topological polar surface area (TPSA) is 41.1 Å². The number of hydrogen-bond acceptors (Lipinski definition) is 2. The Morgan fingerprint density at radius 1 is 1.45 bits per heavy atom. The van der Waals surface area contributed by atoms with Crippen LogP contribution in [0.4, 0.5) is 8.78 Å². The van der Waals surface area contributed by atoms with Gasteiger partial charge in [-0.3, -0.25) is 4.79 Å². The van der Waals surface area contributed by atoms with Crippen LogP contribution < -0.4 is 10.6 Å². The van der Waals surface area contributed by atoms with Gasteiger partial charge in [-0.25, -0.2) is 8.78 Å². The summed E-state index contributed by atoms with van der Waals surface area (Å²) in [4.78, 5) is 11.8. The lowest BCUT2D eigenvalue weighted by Crippen LogP contribution is -2.49. The number of carbonyl (C=O) groups is 1. The van der Waals surface area contributed by atoms with Crippen LogP contribution in [-0.4, -0.2) is 25.0 Å². The molecule has 1 fully saturated rings. The first kappa shape index (κ1) is 14.9. The maximum atomic E-state index is 13.6. The molecule has 2 N–H and O–H groups in total. The largest absolute Gasteiger partial charge is 0.355 e. The van der Waals surface area contributed by atoms with Gasteiger partial charge in [-0.2, -0.15) is 0 Å². The predicted molar refractivity (Wildman–Crippen MR) is 73.3 cm³/mol. The summed E-state index contributed by atoms with van der Waals surface area (Å²) < 4.78 is 26.5. The summed E-state index contributed by atoms with van der Waals surface area (Å²) >= 11 is 0. The van der Waals surface area contributed by atoms with Gasteiger partial charge >= 0.3 is 0 Å². The average Bonchev–Trinajstić information content (AvgIpc) is 2.43. The van der Waals surface area contributed by atoms with E-state index in [0.29, 0.717) is 24.9 Å². The summed E-state index contributed by atoms with van der Waals surface area (Å²) in [6.07, 6.45) is 2.12. The molecular formula is C15H20F2N2O. The van der Waals surface area contributed by atoms with Crippen molar-refractivity contribution in [1.29, 1.82) is 0 Å². The van der Waals surface area contributed by atoms with Crippen LogP contribution >= 0.6 is 0 Å². The zero-order chi connectivity index (χ0) is 14.5. The zero-order valence-electron chi connectivity index (χ0n) is 11.6. The van der Waals surface area contributed by atoms with E-state index in [1.165, 1.54) is 12.1 Å². The minimum absolute atomic E-state index is 0.00298. The van der Waals surface area contributed by atoms with Crippen LogP contribution in [0.1, 0.15) is 25.3 Å². The van der Waals surface area contributed by atoms with Gasteiger partial charge in [0.05, 0.1) is 6.04 Å². The Labute approximate surface area is 117 Å². The molecule has 2 atom stereocenters. The monoisotopic (exact) mass is 282 g/mol. The number of hydrogen-bond donors (Lipinski definition) is 2. The van der Waals surface area contributed by atoms with Crippen molar-refractivity contribution in [1.82, 2.24) is 10.6 Å². The Morgan fingerprint density at radius 2 is 2.25 bits per heavy atom. The van der Waals surface area contributed by atoms with Gasteiger partial charge in [0.15, 0.2) is 0 Å². The molecule has 3 nitrogen and oxygen atoms in total. The second-order valence-electron chi connectivity index (χ2n) is 5.23. The van der Waals surface area contributed by atoms with Gasteiger partial charge in [-0.05, 0) is 50.3 Å². The van der Waals surface area contributed by atoms with Gasteiger partial charge in [0.25, 0.3) is 0 Å². The number of benzene rings is 1. The van der Waals surface area contributed by atoms with E-state index >= 15 is 0 Å². The molecule has 0 radical (unpaired) electrons. The van der Waals surface area contributed by atoms with Crippen molar-refractivity contribution in [3.8, 4) is 0 Å². The number of rotatable bonds is 4. The molecule has 1 aromatic carbocycles. The fourth-order valence-electron chi connectivity index (χ4n) is 2.68. The highest BCUT2D eigenvalue weighted by molar-refractivity contribution is 5.81. The fraction of sp³-hybridized carbons (Fsp3) is 0.533. The maximum absolute atomic E-state index is 13.6. The molecule has 2 unspecified atom stereocenters. The van der Waals surface area contributed by atoms with Crippen LogP contribution in [0.2, 0.25) is 0 Å². The Morgan fingerprint density at radius 3 is 2.95 bits per heavy atom. The van der Waals surface area contributed by atoms with Crippen molar-refractivity contribution in [3.63, 3.8) is 0 Å². The number of carbonyl (C=O) groups excluding carboxylic acids is 1. The molecule has 0 saturated carbocycles. The van der Waals surface area contributed by atoms with Gasteiger partial charge in [0.2, 0.25) is 5.91 Å². The molecule has 1 aromatic rings. The third-order valence-electron chi connectivity index (χ3n) is 3.70. The van der Waals surface area contributed by atoms with E-state index < -0.39 is 11.6 Å². The molecule has 0 aliphatic carbocycles. The van der Waals surface area contributed by atoms with E-state index in [1.54, 1.807) is 0 Å². The summed E-state index contributed by atoms with van der Waals surface area (Å²) in [7, 11) is 0. The van der Waals surface area contributed by atoms with Crippen LogP contribution in [0.25, 0.3) is 0 Å². The minimum atomic E-state index is -0.559. The van der Waals surface area contributed by atoms with Crippen LogP contribution in [-0.2, 0) is 11.2 Å². The van der Waals surface area contributed by atoms with E-state index in [9.17, 15) is 13.6 Å². The first-order chi connectivity index (χ1) is 9.60. The third-order valence-corrected chi connectivity index (χ3v) is 3.70. The second-order valence-corrected chi connectivity index (χ2v) is 5.23. The van der Waals surface area contributed by atoms with Crippen molar-refractivity contribution in [2.75, 3.05) is 13.1 Å². The van der Waals surface area contributed by atoms with Crippen molar-refractivity contribution >= 4 is 5.91 Å². The van der Waals surface area contributed by atoms with Crippen LogP contribution in [0.15, 0.2) is 18.2 Å². The number of likely N-dealkylation sites (N-methyl/N-ethyl adjacent to an activating group) is 1. The van der Waals surface area contributed by atoms with Gasteiger partial charge in [0, 0.05) is 12.6 Å². The van der Waals surface area contributed by atoms with Gasteiger partial charge in [-0.1, -0.05) is 6.07 Å². The maximum Gasteiger partial charge on any atom is 0.237 e. The summed E-state index contributed by atoms with van der Waals surface area (Å²) in [6.45, 7) is 3.23.